The first-order valence-corrected chi connectivity index (χ1v) is 12.1. The number of hydrogen-bond donors (Lipinski definition) is 3. The molecule has 3 heterocycles. The molecule has 2 aromatic rings. The van der Waals surface area contributed by atoms with Gasteiger partial charge in [0.2, 0.25) is 12.6 Å². The lowest BCUT2D eigenvalue weighted by Gasteiger charge is -2.59. The molecule has 190 valence electrons. The zero-order valence-electron chi connectivity index (χ0n) is 19.9. The third-order valence-corrected chi connectivity index (χ3v) is 8.87. The van der Waals surface area contributed by atoms with Gasteiger partial charge in [0, 0.05) is 18.9 Å². The third-order valence-electron chi connectivity index (χ3n) is 8.87. The van der Waals surface area contributed by atoms with Crippen molar-refractivity contribution in [1.29, 1.82) is 0 Å². The Morgan fingerprint density at radius 2 is 1.94 bits per heavy atom. The number of carbonyl (C=O) groups is 1. The maximum absolute atomic E-state index is 13.2. The number of fused-ring (bicyclic) bond motifs is 4. The third kappa shape index (κ3) is 2.47. The molecule has 0 aromatic heterocycles. The smallest absolute Gasteiger partial charge is 0.338 e. The van der Waals surface area contributed by atoms with E-state index in [1.165, 1.54) is 32.4 Å². The normalized spacial score (nSPS) is 36.8. The van der Waals surface area contributed by atoms with Gasteiger partial charge in [0.25, 0.3) is 0 Å². The van der Waals surface area contributed by atoms with E-state index in [9.17, 15) is 15.0 Å². The Morgan fingerprint density at radius 3 is 2.72 bits per heavy atom. The summed E-state index contributed by atoms with van der Waals surface area (Å²) in [6.07, 6.45) is -0.771. The number of nitrogens with one attached hydrogen (secondary N) is 1. The molecule has 2 aliphatic carbocycles. The van der Waals surface area contributed by atoms with Gasteiger partial charge in [-0.2, -0.15) is 0 Å². The molecule has 3 N–H and O–H groups in total. The molecule has 36 heavy (non-hydrogen) atoms. The zero-order chi connectivity index (χ0) is 24.9. The molecule has 0 radical (unpaired) electrons. The van der Waals surface area contributed by atoms with Crippen LogP contribution in [0.25, 0.3) is 0 Å². The number of aromatic hydroxyl groups is 1. The molecule has 0 amide bonds. The molecule has 3 unspecified atom stereocenters. The van der Waals surface area contributed by atoms with Crippen molar-refractivity contribution in [2.45, 2.75) is 54.3 Å². The first-order valence-electron chi connectivity index (χ1n) is 12.1. The van der Waals surface area contributed by atoms with Crippen LogP contribution in [0.15, 0.2) is 30.3 Å². The molecule has 10 heteroatoms. The summed E-state index contributed by atoms with van der Waals surface area (Å²) in [6, 6.07) is 8.22. The Kier molecular flexibility index (Phi) is 4.47. The lowest BCUT2D eigenvalue weighted by atomic mass is 9.51. The predicted octanol–water partition coefficient (Wildman–Crippen LogP) is 1.91. The molecular weight excluding hydrogens is 470 g/mol. The number of methoxy groups -OCH3 is 2. The first-order chi connectivity index (χ1) is 17.4. The second kappa shape index (κ2) is 7.25. The van der Waals surface area contributed by atoms with Gasteiger partial charge in [0.05, 0.1) is 24.3 Å². The van der Waals surface area contributed by atoms with E-state index in [1.54, 1.807) is 0 Å². The standard InChI is InChI=1S/C26H27NO9/c1-31-17-7-13(3-4-16(17)28)23(30)35-21-10-24-5-6-27-25(24)11-20(36-26(25,32-2)22(21)29)14-8-18-19(9-15(14)24)34-12-33-18/h3-4,7-9,20-22,27-29H,5-6,10-12H2,1-2H3/t20-,21?,22?,24-,25-,26?/m0/s1. The van der Waals surface area contributed by atoms with Crippen molar-refractivity contribution in [2.24, 2.45) is 0 Å². The monoisotopic (exact) mass is 497 g/mol. The Labute approximate surface area is 207 Å². The van der Waals surface area contributed by atoms with Gasteiger partial charge in [-0.3, -0.25) is 0 Å². The lowest BCUT2D eigenvalue weighted by Crippen LogP contribution is -2.77. The van der Waals surface area contributed by atoms with Gasteiger partial charge in [-0.05, 0) is 60.8 Å². The topological polar surface area (TPSA) is 125 Å². The van der Waals surface area contributed by atoms with Crippen molar-refractivity contribution < 1.29 is 43.4 Å². The van der Waals surface area contributed by atoms with Crippen LogP contribution < -0.4 is 19.5 Å². The van der Waals surface area contributed by atoms with Crippen LogP contribution in [0.2, 0.25) is 0 Å². The van der Waals surface area contributed by atoms with Gasteiger partial charge in [0.1, 0.15) is 12.2 Å². The van der Waals surface area contributed by atoms with E-state index in [0.29, 0.717) is 30.9 Å². The summed E-state index contributed by atoms with van der Waals surface area (Å²) in [5.74, 6) is -0.665. The van der Waals surface area contributed by atoms with Crippen molar-refractivity contribution >= 4 is 5.97 Å². The fourth-order valence-electron chi connectivity index (χ4n) is 7.41. The highest BCUT2D eigenvalue weighted by atomic mass is 16.7. The molecule has 2 saturated heterocycles. The number of rotatable bonds is 4. The molecule has 6 atom stereocenters. The van der Waals surface area contributed by atoms with Gasteiger partial charge < -0.3 is 44.0 Å². The summed E-state index contributed by atoms with van der Waals surface area (Å²) in [6.45, 7) is 0.856. The van der Waals surface area contributed by atoms with Crippen molar-refractivity contribution in [2.75, 3.05) is 27.6 Å². The van der Waals surface area contributed by atoms with Crippen LogP contribution in [0, 0.1) is 0 Å². The fourth-order valence-corrected chi connectivity index (χ4v) is 7.41. The van der Waals surface area contributed by atoms with Gasteiger partial charge in [-0.15, -0.1) is 0 Å². The molecular formula is C26H27NO9. The van der Waals surface area contributed by atoms with E-state index >= 15 is 0 Å². The Balaban J connectivity index is 1.33. The average molecular weight is 498 g/mol. The summed E-state index contributed by atoms with van der Waals surface area (Å²) in [5, 5.41) is 25.2. The van der Waals surface area contributed by atoms with Crippen molar-refractivity contribution in [3.05, 3.63) is 47.0 Å². The van der Waals surface area contributed by atoms with Gasteiger partial charge in [-0.1, -0.05) is 0 Å². The minimum absolute atomic E-state index is 0.0857. The molecule has 2 aromatic carbocycles. The van der Waals surface area contributed by atoms with E-state index in [1.807, 2.05) is 12.1 Å². The van der Waals surface area contributed by atoms with Crippen LogP contribution in [0.3, 0.4) is 0 Å². The first kappa shape index (κ1) is 22.2. The van der Waals surface area contributed by atoms with Gasteiger partial charge >= 0.3 is 5.97 Å². The van der Waals surface area contributed by atoms with Crippen molar-refractivity contribution in [1.82, 2.24) is 5.32 Å². The van der Waals surface area contributed by atoms with E-state index in [0.717, 1.165) is 17.5 Å². The number of aliphatic hydroxyl groups excluding tert-OH is 1. The molecule has 3 fully saturated rings. The molecule has 5 aliphatic rings. The molecule has 7 rings (SSSR count). The number of hydrogen-bond acceptors (Lipinski definition) is 10. The van der Waals surface area contributed by atoms with Crippen LogP contribution in [0.4, 0.5) is 0 Å². The number of phenolic OH excluding ortho intramolecular Hbond substituents is 1. The Hall–Kier alpha value is -3.05. The van der Waals surface area contributed by atoms with E-state index in [2.05, 4.69) is 5.32 Å². The minimum Gasteiger partial charge on any atom is -0.504 e. The molecule has 2 bridgehead atoms. The fraction of sp³-hybridized carbons (Fsp3) is 0.500. The second-order valence-corrected chi connectivity index (χ2v) is 10.1. The van der Waals surface area contributed by atoms with Crippen LogP contribution in [-0.2, 0) is 19.6 Å². The highest BCUT2D eigenvalue weighted by Gasteiger charge is 2.81. The highest BCUT2D eigenvalue weighted by molar-refractivity contribution is 5.90. The summed E-state index contributed by atoms with van der Waals surface area (Å²) in [4.78, 5) is 13.2. The number of ether oxygens (including phenoxy) is 6. The number of aliphatic hydroxyl groups is 1. The quantitative estimate of drug-likeness (QED) is 0.540. The van der Waals surface area contributed by atoms with Crippen LogP contribution in [0.5, 0.6) is 23.0 Å². The van der Waals surface area contributed by atoms with Crippen molar-refractivity contribution in [3.63, 3.8) is 0 Å². The predicted molar refractivity (Wildman–Crippen MR) is 122 cm³/mol. The van der Waals surface area contributed by atoms with E-state index in [4.69, 9.17) is 28.4 Å². The zero-order valence-corrected chi connectivity index (χ0v) is 19.9. The Morgan fingerprint density at radius 1 is 1.14 bits per heavy atom. The van der Waals surface area contributed by atoms with Gasteiger partial charge in [0.15, 0.2) is 23.0 Å². The molecule has 3 aliphatic heterocycles. The highest BCUT2D eigenvalue weighted by Crippen LogP contribution is 2.70. The van der Waals surface area contributed by atoms with Crippen LogP contribution >= 0.6 is 0 Å². The SMILES string of the molecule is COc1cc(C(=O)OC2C[C@]34CCN[C@@]35C[C@H](OC5(OC)C2O)c2cc3c(cc24)OCO3)ccc1O. The summed E-state index contributed by atoms with van der Waals surface area (Å²) >= 11 is 0. The average Bonchev–Trinajstić information content (AvgIpc) is 3.59. The number of carbonyl (C=O) groups excluding carboxylic acids is 1. The van der Waals surface area contributed by atoms with Crippen LogP contribution in [-0.4, -0.2) is 67.3 Å². The second-order valence-electron chi connectivity index (χ2n) is 10.1. The minimum atomic E-state index is -1.44. The maximum Gasteiger partial charge on any atom is 0.338 e. The lowest BCUT2D eigenvalue weighted by molar-refractivity contribution is -0.322. The molecule has 10 nitrogen and oxygen atoms in total. The number of benzene rings is 2. The number of esters is 1. The van der Waals surface area contributed by atoms with E-state index in [-0.39, 0.29) is 30.0 Å². The molecule has 1 spiro atoms. The number of phenols is 1. The van der Waals surface area contributed by atoms with Crippen LogP contribution in [0.1, 0.15) is 46.9 Å². The maximum atomic E-state index is 13.2. The van der Waals surface area contributed by atoms with Crippen molar-refractivity contribution in [3.8, 4) is 23.0 Å². The van der Waals surface area contributed by atoms with E-state index < -0.39 is 34.9 Å². The summed E-state index contributed by atoms with van der Waals surface area (Å²) < 4.78 is 35.1. The molecule has 1 saturated carbocycles. The Bertz CT molecular complexity index is 1280. The van der Waals surface area contributed by atoms with Gasteiger partial charge in [-0.25, -0.2) is 4.79 Å². The summed E-state index contributed by atoms with van der Waals surface area (Å²) in [5.41, 5.74) is 0.988. The summed E-state index contributed by atoms with van der Waals surface area (Å²) in [7, 11) is 2.93. The largest absolute Gasteiger partial charge is 0.504 e.